The topological polar surface area (TPSA) is 125 Å². The molecule has 0 aromatic heterocycles. The van der Waals surface area contributed by atoms with Crippen LogP contribution in [-0.2, 0) is 16.1 Å². The summed E-state index contributed by atoms with van der Waals surface area (Å²) in [5, 5.41) is 37.3. The number of nitriles is 2. The molecule has 0 saturated carbocycles. The van der Waals surface area contributed by atoms with Crippen molar-refractivity contribution in [1.29, 1.82) is 10.5 Å². The number of nitrogens with zero attached hydrogens (tertiary/aromatic N) is 3. The lowest BCUT2D eigenvalue weighted by Gasteiger charge is -2.44. The first kappa shape index (κ1) is 21.4. The van der Waals surface area contributed by atoms with Gasteiger partial charge in [0.25, 0.3) is 0 Å². The molecular weight excluding hydrogens is 358 g/mol. The molecule has 26 heavy (non-hydrogen) atoms. The highest BCUT2D eigenvalue weighted by Gasteiger charge is 2.54. The minimum Gasteiger partial charge on any atom is -0.480 e. The van der Waals surface area contributed by atoms with Gasteiger partial charge in [-0.2, -0.15) is 10.5 Å². The Labute approximate surface area is 157 Å². The largest absolute Gasteiger partial charge is 0.480 e. The highest BCUT2D eigenvalue weighted by Crippen LogP contribution is 2.46. The molecule has 1 aliphatic heterocycles. The fourth-order valence-corrected chi connectivity index (χ4v) is 3.57. The van der Waals surface area contributed by atoms with Crippen LogP contribution in [0, 0.1) is 39.9 Å². The van der Waals surface area contributed by atoms with E-state index >= 15 is 0 Å². The van der Waals surface area contributed by atoms with E-state index in [4.69, 9.17) is 0 Å². The molecule has 8 heteroatoms. The number of benzene rings is 1. The van der Waals surface area contributed by atoms with Crippen LogP contribution in [0.15, 0.2) is 30.3 Å². The first-order valence-corrected chi connectivity index (χ1v) is 7.95. The molecular formula is C18H20ClN3O4. The molecule has 1 aromatic rings. The summed E-state index contributed by atoms with van der Waals surface area (Å²) in [6.07, 6.45) is 0.351. The van der Waals surface area contributed by atoms with Crippen molar-refractivity contribution >= 4 is 24.3 Å². The number of halogens is 1. The fourth-order valence-electron chi connectivity index (χ4n) is 3.57. The van der Waals surface area contributed by atoms with Crippen LogP contribution in [0.25, 0.3) is 0 Å². The maximum Gasteiger partial charge on any atom is 0.321 e. The summed E-state index contributed by atoms with van der Waals surface area (Å²) in [4.78, 5) is 25.1. The zero-order valence-corrected chi connectivity index (χ0v) is 14.9. The van der Waals surface area contributed by atoms with E-state index in [1.54, 1.807) is 12.1 Å². The molecule has 0 spiro atoms. The van der Waals surface area contributed by atoms with E-state index in [0.29, 0.717) is 19.6 Å². The van der Waals surface area contributed by atoms with Crippen molar-refractivity contribution < 1.29 is 19.8 Å². The van der Waals surface area contributed by atoms with Gasteiger partial charge in [-0.25, -0.2) is 0 Å². The third-order valence-corrected chi connectivity index (χ3v) is 4.94. The Kier molecular flexibility index (Phi) is 7.57. The Morgan fingerprint density at radius 3 is 1.88 bits per heavy atom. The number of hydrogen-bond donors (Lipinski definition) is 2. The maximum absolute atomic E-state index is 11.5. The number of carboxylic acid groups (broad SMARTS) is 2. The molecule has 7 nitrogen and oxygen atoms in total. The van der Waals surface area contributed by atoms with Gasteiger partial charge in [0.1, 0.15) is 0 Å². The van der Waals surface area contributed by atoms with Gasteiger partial charge in [-0.3, -0.25) is 14.5 Å². The first-order chi connectivity index (χ1) is 11.9. The van der Waals surface area contributed by atoms with E-state index in [0.717, 1.165) is 5.56 Å². The standard InChI is InChI=1S/C18H19N3O4.ClH/c19-10-14(16(22)23)18(15(11-20)17(24)25)6-8-21(9-7-18)12-13-4-2-1-3-5-13;/h1-5,14-15H,6-9,12H2,(H,22,23)(H,24,25);1H. The summed E-state index contributed by atoms with van der Waals surface area (Å²) < 4.78 is 0. The maximum atomic E-state index is 11.5. The van der Waals surface area contributed by atoms with E-state index in [1.807, 2.05) is 30.3 Å². The summed E-state index contributed by atoms with van der Waals surface area (Å²) in [6, 6.07) is 13.2. The molecule has 1 aliphatic rings. The number of aliphatic carboxylic acids is 2. The Balaban J connectivity index is 0.00000338. The smallest absolute Gasteiger partial charge is 0.321 e. The molecule has 2 atom stereocenters. The lowest BCUT2D eigenvalue weighted by atomic mass is 9.61. The van der Waals surface area contributed by atoms with Gasteiger partial charge in [0.05, 0.1) is 12.1 Å². The van der Waals surface area contributed by atoms with Crippen LogP contribution in [0.5, 0.6) is 0 Å². The summed E-state index contributed by atoms with van der Waals surface area (Å²) in [5.74, 6) is -5.79. The van der Waals surface area contributed by atoms with Crippen LogP contribution < -0.4 is 0 Å². The monoisotopic (exact) mass is 377 g/mol. The molecule has 2 N–H and O–H groups in total. The summed E-state index contributed by atoms with van der Waals surface area (Å²) in [7, 11) is 0. The molecule has 1 fully saturated rings. The van der Waals surface area contributed by atoms with Gasteiger partial charge in [0.2, 0.25) is 0 Å². The third kappa shape index (κ3) is 4.32. The van der Waals surface area contributed by atoms with Crippen LogP contribution >= 0.6 is 12.4 Å². The fraction of sp³-hybridized carbons (Fsp3) is 0.444. The van der Waals surface area contributed by atoms with Gasteiger partial charge in [-0.1, -0.05) is 30.3 Å². The van der Waals surface area contributed by atoms with Crippen LogP contribution in [0.4, 0.5) is 0 Å². The van der Waals surface area contributed by atoms with E-state index in [9.17, 15) is 30.3 Å². The van der Waals surface area contributed by atoms with Crippen LogP contribution in [0.3, 0.4) is 0 Å². The summed E-state index contributed by atoms with van der Waals surface area (Å²) in [5.41, 5.74) is -0.283. The molecule has 1 heterocycles. The Morgan fingerprint density at radius 1 is 1.04 bits per heavy atom. The highest BCUT2D eigenvalue weighted by atomic mass is 35.5. The summed E-state index contributed by atoms with van der Waals surface area (Å²) >= 11 is 0. The Bertz CT molecular complexity index is 684. The average Bonchev–Trinajstić information content (AvgIpc) is 2.58. The quantitative estimate of drug-likeness (QED) is 0.777. The van der Waals surface area contributed by atoms with Gasteiger partial charge in [-0.15, -0.1) is 12.4 Å². The van der Waals surface area contributed by atoms with Crippen molar-refractivity contribution in [3.05, 3.63) is 35.9 Å². The number of likely N-dealkylation sites (tertiary alicyclic amines) is 1. The van der Waals surface area contributed by atoms with Crippen molar-refractivity contribution in [1.82, 2.24) is 4.90 Å². The number of carboxylic acids is 2. The normalized spacial score (nSPS) is 18.4. The van der Waals surface area contributed by atoms with Crippen LogP contribution in [-0.4, -0.2) is 40.1 Å². The van der Waals surface area contributed by atoms with Gasteiger partial charge in [-0.05, 0) is 31.5 Å². The van der Waals surface area contributed by atoms with Crippen molar-refractivity contribution in [2.24, 2.45) is 17.3 Å². The number of hydrogen-bond acceptors (Lipinski definition) is 5. The minimum atomic E-state index is -1.52. The molecule has 138 valence electrons. The molecule has 1 saturated heterocycles. The van der Waals surface area contributed by atoms with Crippen LogP contribution in [0.2, 0.25) is 0 Å². The second-order valence-corrected chi connectivity index (χ2v) is 6.30. The van der Waals surface area contributed by atoms with Crippen molar-refractivity contribution in [2.45, 2.75) is 19.4 Å². The summed E-state index contributed by atoms with van der Waals surface area (Å²) in [6.45, 7) is 1.53. The molecule has 1 aromatic carbocycles. The van der Waals surface area contributed by atoms with E-state index in [2.05, 4.69) is 4.90 Å². The van der Waals surface area contributed by atoms with E-state index < -0.39 is 29.2 Å². The SMILES string of the molecule is Cl.N#CC(C(=O)O)C1(C(C#N)C(=O)O)CCN(Cc2ccccc2)CC1. The third-order valence-electron chi connectivity index (χ3n) is 4.94. The molecule has 2 rings (SSSR count). The molecule has 2 unspecified atom stereocenters. The van der Waals surface area contributed by atoms with E-state index in [-0.39, 0.29) is 25.2 Å². The van der Waals surface area contributed by atoms with Crippen LogP contribution in [0.1, 0.15) is 18.4 Å². The Hall–Kier alpha value is -2.61. The molecule has 0 aliphatic carbocycles. The van der Waals surface area contributed by atoms with Crippen molar-refractivity contribution in [3.8, 4) is 12.1 Å². The molecule has 0 amide bonds. The second kappa shape index (κ2) is 9.19. The Morgan fingerprint density at radius 2 is 1.50 bits per heavy atom. The lowest BCUT2D eigenvalue weighted by Crippen LogP contribution is -2.51. The number of rotatable bonds is 6. The molecule has 0 bridgehead atoms. The lowest BCUT2D eigenvalue weighted by molar-refractivity contribution is -0.153. The van der Waals surface area contributed by atoms with Crippen molar-refractivity contribution in [3.63, 3.8) is 0 Å². The number of piperidine rings is 1. The predicted octanol–water partition coefficient (Wildman–Crippen LogP) is 2.14. The predicted molar refractivity (Wildman–Crippen MR) is 94.1 cm³/mol. The second-order valence-electron chi connectivity index (χ2n) is 6.30. The first-order valence-electron chi connectivity index (χ1n) is 7.95. The highest BCUT2D eigenvalue weighted by molar-refractivity contribution is 5.85. The average molecular weight is 378 g/mol. The molecule has 0 radical (unpaired) electrons. The minimum absolute atomic E-state index is 0. The van der Waals surface area contributed by atoms with Gasteiger partial charge in [0, 0.05) is 12.0 Å². The van der Waals surface area contributed by atoms with Gasteiger partial charge in [0.15, 0.2) is 11.8 Å². The number of carbonyl (C=O) groups is 2. The van der Waals surface area contributed by atoms with E-state index in [1.165, 1.54) is 0 Å². The zero-order chi connectivity index (χ0) is 18.4. The van der Waals surface area contributed by atoms with Gasteiger partial charge < -0.3 is 10.2 Å². The van der Waals surface area contributed by atoms with Crippen molar-refractivity contribution in [2.75, 3.05) is 13.1 Å². The van der Waals surface area contributed by atoms with Gasteiger partial charge >= 0.3 is 11.9 Å². The zero-order valence-electron chi connectivity index (χ0n) is 14.0.